The Morgan fingerprint density at radius 1 is 0.588 bits per heavy atom. The summed E-state index contributed by atoms with van der Waals surface area (Å²) in [5, 5.41) is 0. The van der Waals surface area contributed by atoms with Gasteiger partial charge in [-0.1, -0.05) is 110 Å². The van der Waals surface area contributed by atoms with Crippen LogP contribution in [0, 0.1) is 0 Å². The van der Waals surface area contributed by atoms with Gasteiger partial charge in [0.25, 0.3) is 0 Å². The van der Waals surface area contributed by atoms with Gasteiger partial charge in [0.15, 0.2) is 0 Å². The van der Waals surface area contributed by atoms with Crippen LogP contribution < -0.4 is 0 Å². The molecule has 0 radical (unpaired) electrons. The van der Waals surface area contributed by atoms with Crippen LogP contribution >= 0.6 is 0 Å². The fourth-order valence-electron chi connectivity index (χ4n) is 2.57. The highest BCUT2D eigenvalue weighted by atomic mass is 16.5. The van der Waals surface area contributed by atoms with Gasteiger partial charge < -0.3 is 9.47 Å². The van der Waals surface area contributed by atoms with E-state index in [2.05, 4.69) is 6.58 Å². The van der Waals surface area contributed by atoms with E-state index in [1.165, 1.54) is 18.2 Å². The highest BCUT2D eigenvalue weighted by Gasteiger charge is 1.95. The molecule has 0 aliphatic heterocycles. The van der Waals surface area contributed by atoms with Gasteiger partial charge in [-0.15, -0.1) is 0 Å². The fraction of sp³-hybridized carbons (Fsp3) is 0.0667. The third-order valence-electron chi connectivity index (χ3n) is 4.20. The van der Waals surface area contributed by atoms with Crippen LogP contribution in [0.25, 0.3) is 18.2 Å². The molecule has 3 rings (SSSR count). The molecule has 0 aliphatic rings. The molecule has 4 heteroatoms. The van der Waals surface area contributed by atoms with Crippen molar-refractivity contribution in [1.82, 2.24) is 0 Å². The maximum atomic E-state index is 11.5. The van der Waals surface area contributed by atoms with Crippen LogP contribution in [0.1, 0.15) is 16.7 Å². The Balaban J connectivity index is 0.000000257. The van der Waals surface area contributed by atoms with Crippen LogP contribution in [0.4, 0.5) is 0 Å². The standard InChI is InChI=1S/C18H16O2.C12H12O2/c19-18(14-13-17-10-5-2-6-11-17)20-15-7-12-16-8-3-1-4-9-16;1-2-10-14-12(13)9-8-11-6-4-3-5-7-11/h1-14H,15H2;2-9H,1,10H2/b12-7+,14-13+;9-8+. The molecule has 3 aromatic carbocycles. The molecular formula is C30H28O4. The second-order valence-corrected chi connectivity index (χ2v) is 6.85. The van der Waals surface area contributed by atoms with E-state index in [1.54, 1.807) is 12.2 Å². The van der Waals surface area contributed by atoms with Crippen LogP contribution in [0.5, 0.6) is 0 Å². The summed E-state index contributed by atoms with van der Waals surface area (Å²) in [5.74, 6) is -0.694. The highest BCUT2D eigenvalue weighted by Crippen LogP contribution is 2.03. The lowest BCUT2D eigenvalue weighted by molar-refractivity contribution is -0.137. The molecule has 0 atom stereocenters. The molecule has 34 heavy (non-hydrogen) atoms. The van der Waals surface area contributed by atoms with Gasteiger partial charge in [-0.3, -0.25) is 0 Å². The van der Waals surface area contributed by atoms with Crippen LogP contribution in [0.3, 0.4) is 0 Å². The maximum Gasteiger partial charge on any atom is 0.331 e. The monoisotopic (exact) mass is 452 g/mol. The largest absolute Gasteiger partial charge is 0.458 e. The molecule has 4 nitrogen and oxygen atoms in total. The van der Waals surface area contributed by atoms with Crippen LogP contribution in [0.2, 0.25) is 0 Å². The Morgan fingerprint density at radius 3 is 1.38 bits per heavy atom. The Kier molecular flexibility index (Phi) is 12.3. The molecule has 0 aromatic heterocycles. The first-order valence-corrected chi connectivity index (χ1v) is 10.8. The zero-order valence-corrected chi connectivity index (χ0v) is 19.0. The molecule has 0 saturated carbocycles. The zero-order valence-electron chi connectivity index (χ0n) is 19.0. The third kappa shape index (κ3) is 11.8. The first-order chi connectivity index (χ1) is 16.7. The van der Waals surface area contributed by atoms with Gasteiger partial charge in [0.05, 0.1) is 0 Å². The topological polar surface area (TPSA) is 52.6 Å². The molecule has 0 aliphatic carbocycles. The first kappa shape index (κ1) is 25.8. The van der Waals surface area contributed by atoms with Crippen molar-refractivity contribution in [2.45, 2.75) is 0 Å². The molecule has 0 fully saturated rings. The lowest BCUT2D eigenvalue weighted by Gasteiger charge is -1.97. The summed E-state index contributed by atoms with van der Waals surface area (Å²) in [7, 11) is 0. The number of esters is 2. The third-order valence-corrected chi connectivity index (χ3v) is 4.20. The van der Waals surface area contributed by atoms with Crippen molar-refractivity contribution in [2.24, 2.45) is 0 Å². The minimum Gasteiger partial charge on any atom is -0.458 e. The SMILES string of the molecule is C=CCOC(=O)/C=C/c1ccccc1.O=C(/C=C/c1ccccc1)OC/C=C/c1ccccc1. The Hall–Kier alpha value is -4.44. The van der Waals surface area contributed by atoms with Gasteiger partial charge in [0.2, 0.25) is 0 Å². The van der Waals surface area contributed by atoms with E-state index in [0.717, 1.165) is 16.7 Å². The van der Waals surface area contributed by atoms with Crippen molar-refractivity contribution in [3.05, 3.63) is 139 Å². The molecule has 0 heterocycles. The Morgan fingerprint density at radius 2 is 0.971 bits per heavy atom. The molecule has 0 saturated heterocycles. The molecule has 3 aromatic rings. The fourth-order valence-corrected chi connectivity index (χ4v) is 2.57. The van der Waals surface area contributed by atoms with Crippen molar-refractivity contribution in [3.8, 4) is 0 Å². The van der Waals surface area contributed by atoms with Crippen molar-refractivity contribution in [3.63, 3.8) is 0 Å². The lowest BCUT2D eigenvalue weighted by atomic mass is 10.2. The smallest absolute Gasteiger partial charge is 0.331 e. The number of carbonyl (C=O) groups excluding carboxylic acids is 2. The quantitative estimate of drug-likeness (QED) is 0.215. The molecular weight excluding hydrogens is 424 g/mol. The number of benzene rings is 3. The highest BCUT2D eigenvalue weighted by molar-refractivity contribution is 5.87. The zero-order chi connectivity index (χ0) is 24.3. The number of carbonyl (C=O) groups is 2. The second kappa shape index (κ2) is 16.2. The lowest BCUT2D eigenvalue weighted by Crippen LogP contribution is -1.99. The number of hydrogen-bond acceptors (Lipinski definition) is 4. The molecule has 0 unspecified atom stereocenters. The number of hydrogen-bond donors (Lipinski definition) is 0. The van der Waals surface area contributed by atoms with Gasteiger partial charge in [0.1, 0.15) is 13.2 Å². The summed E-state index contributed by atoms with van der Waals surface area (Å²) in [6.07, 6.45) is 11.6. The van der Waals surface area contributed by atoms with Crippen molar-refractivity contribution in [1.29, 1.82) is 0 Å². The average Bonchev–Trinajstić information content (AvgIpc) is 2.90. The van der Waals surface area contributed by atoms with Crippen molar-refractivity contribution < 1.29 is 19.1 Å². The molecule has 0 N–H and O–H groups in total. The summed E-state index contributed by atoms with van der Waals surface area (Å²) in [5.41, 5.74) is 3.04. The molecule has 0 spiro atoms. The summed E-state index contributed by atoms with van der Waals surface area (Å²) >= 11 is 0. The van der Waals surface area contributed by atoms with E-state index in [1.807, 2.05) is 103 Å². The van der Waals surface area contributed by atoms with Crippen LogP contribution in [-0.4, -0.2) is 25.2 Å². The van der Waals surface area contributed by atoms with E-state index >= 15 is 0 Å². The van der Waals surface area contributed by atoms with Gasteiger partial charge in [0, 0.05) is 12.2 Å². The van der Waals surface area contributed by atoms with Crippen LogP contribution in [0.15, 0.2) is 122 Å². The molecule has 172 valence electrons. The Labute approximate surface area is 201 Å². The predicted molar refractivity (Wildman–Crippen MR) is 139 cm³/mol. The molecule has 0 amide bonds. The van der Waals surface area contributed by atoms with E-state index < -0.39 is 0 Å². The number of ether oxygens (including phenoxy) is 2. The maximum absolute atomic E-state index is 11.5. The summed E-state index contributed by atoms with van der Waals surface area (Å²) < 4.78 is 9.84. The van der Waals surface area contributed by atoms with Gasteiger partial charge in [-0.05, 0) is 34.9 Å². The summed E-state index contributed by atoms with van der Waals surface area (Å²) in [6.45, 7) is 3.97. The molecule has 0 bridgehead atoms. The Bertz CT molecular complexity index is 1080. The minimum absolute atomic E-state index is 0.248. The van der Waals surface area contributed by atoms with Crippen molar-refractivity contribution >= 4 is 30.2 Å². The minimum atomic E-state index is -0.353. The van der Waals surface area contributed by atoms with Crippen LogP contribution in [-0.2, 0) is 19.1 Å². The second-order valence-electron chi connectivity index (χ2n) is 6.85. The van der Waals surface area contributed by atoms with Gasteiger partial charge in [-0.2, -0.15) is 0 Å². The van der Waals surface area contributed by atoms with E-state index in [9.17, 15) is 9.59 Å². The summed E-state index contributed by atoms with van der Waals surface area (Å²) in [4.78, 5) is 22.5. The normalized spacial score (nSPS) is 10.6. The average molecular weight is 453 g/mol. The van der Waals surface area contributed by atoms with E-state index in [0.29, 0.717) is 0 Å². The predicted octanol–water partition coefficient (Wildman–Crippen LogP) is 6.39. The van der Waals surface area contributed by atoms with Gasteiger partial charge in [-0.25, -0.2) is 9.59 Å². The summed E-state index contributed by atoms with van der Waals surface area (Å²) in [6, 6.07) is 29.1. The van der Waals surface area contributed by atoms with E-state index in [4.69, 9.17) is 9.47 Å². The van der Waals surface area contributed by atoms with Gasteiger partial charge >= 0.3 is 11.9 Å². The van der Waals surface area contributed by atoms with E-state index in [-0.39, 0.29) is 25.2 Å². The van der Waals surface area contributed by atoms with Crippen molar-refractivity contribution in [2.75, 3.05) is 13.2 Å². The number of rotatable bonds is 9. The first-order valence-electron chi connectivity index (χ1n) is 10.8.